The highest BCUT2D eigenvalue weighted by Crippen LogP contribution is 2.43. The van der Waals surface area contributed by atoms with E-state index in [9.17, 15) is 27.2 Å². The van der Waals surface area contributed by atoms with Gasteiger partial charge in [-0.15, -0.1) is 0 Å². The van der Waals surface area contributed by atoms with Crippen LogP contribution in [-0.2, 0) is 9.53 Å². The molecule has 3 rings (SSSR count). The average Bonchev–Trinajstić information content (AvgIpc) is 3.08. The maximum absolute atomic E-state index is 13.5. The molecule has 28 heavy (non-hydrogen) atoms. The average molecular weight is 423 g/mol. The summed E-state index contributed by atoms with van der Waals surface area (Å²) in [5.74, 6) is -2.85. The van der Waals surface area contributed by atoms with Gasteiger partial charge in [-0.25, -0.2) is 9.18 Å². The molecule has 5 nitrogen and oxygen atoms in total. The van der Waals surface area contributed by atoms with E-state index in [1.165, 1.54) is 12.1 Å². The molecule has 0 radical (unpaired) electrons. The third-order valence-corrected chi connectivity index (χ3v) is 5.57. The summed E-state index contributed by atoms with van der Waals surface area (Å²) in [5, 5.41) is 4.97. The molecule has 1 saturated carbocycles. The van der Waals surface area contributed by atoms with Crippen molar-refractivity contribution in [3.05, 3.63) is 34.6 Å². The minimum atomic E-state index is -4.24. The van der Waals surface area contributed by atoms with Crippen molar-refractivity contribution in [3.63, 3.8) is 0 Å². The molecule has 0 bridgehead atoms. The van der Waals surface area contributed by atoms with Crippen molar-refractivity contribution in [2.45, 2.75) is 44.0 Å². The summed E-state index contributed by atoms with van der Waals surface area (Å²) in [4.78, 5) is 23.6. The number of rotatable bonds is 4. The molecular formula is C18H19ClF4N2O3. The number of amides is 2. The predicted molar refractivity (Wildman–Crippen MR) is 92.1 cm³/mol. The molecule has 2 fully saturated rings. The Bertz CT molecular complexity index is 751. The smallest absolute Gasteiger partial charge is 0.408 e. The van der Waals surface area contributed by atoms with Gasteiger partial charge in [0.1, 0.15) is 5.82 Å². The molecule has 1 aliphatic heterocycles. The Hall–Kier alpha value is -2.03. The van der Waals surface area contributed by atoms with Crippen LogP contribution < -0.4 is 10.6 Å². The lowest BCUT2D eigenvalue weighted by molar-refractivity contribution is -0.184. The summed E-state index contributed by atoms with van der Waals surface area (Å²) >= 11 is 5.85. The van der Waals surface area contributed by atoms with Crippen molar-refractivity contribution in [3.8, 4) is 0 Å². The van der Waals surface area contributed by atoms with Gasteiger partial charge in [0.2, 0.25) is 0 Å². The summed E-state index contributed by atoms with van der Waals surface area (Å²) in [6, 6.07) is 3.28. The highest BCUT2D eigenvalue weighted by atomic mass is 35.5. The van der Waals surface area contributed by atoms with Crippen molar-refractivity contribution in [2.75, 3.05) is 6.54 Å². The Balaban J connectivity index is 1.78. The number of alkyl carbamates (subject to hydrolysis) is 1. The first-order valence-electron chi connectivity index (χ1n) is 8.91. The molecule has 1 unspecified atom stereocenters. The fraction of sp³-hybridized carbons (Fsp3) is 0.556. The number of carbonyl (C=O) groups is 2. The van der Waals surface area contributed by atoms with Gasteiger partial charge in [0.15, 0.2) is 6.10 Å². The van der Waals surface area contributed by atoms with Gasteiger partial charge in [-0.1, -0.05) is 17.7 Å². The van der Waals surface area contributed by atoms with Gasteiger partial charge in [-0.05, 0) is 49.3 Å². The Labute approximate surface area is 163 Å². The largest absolute Gasteiger partial charge is 0.434 e. The number of benzene rings is 1. The second-order valence-electron chi connectivity index (χ2n) is 7.09. The van der Waals surface area contributed by atoms with E-state index in [0.717, 1.165) is 6.07 Å². The number of halogens is 5. The molecule has 1 saturated heterocycles. The molecule has 2 atom stereocenters. The van der Waals surface area contributed by atoms with Gasteiger partial charge in [0.25, 0.3) is 5.91 Å². The fourth-order valence-corrected chi connectivity index (χ4v) is 3.93. The quantitative estimate of drug-likeness (QED) is 0.717. The van der Waals surface area contributed by atoms with Crippen LogP contribution in [0.1, 0.15) is 37.3 Å². The van der Waals surface area contributed by atoms with Crippen LogP contribution in [0.25, 0.3) is 0 Å². The van der Waals surface area contributed by atoms with Crippen LogP contribution in [0.4, 0.5) is 22.4 Å². The van der Waals surface area contributed by atoms with E-state index in [1.807, 2.05) is 0 Å². The SMILES string of the molecule is O=C1NCC(C(=O)N[C@H](c2ccc(F)c(Cl)c2)C2CCC(C(F)(F)F)CC2)O1. The Morgan fingerprint density at radius 1 is 1.25 bits per heavy atom. The van der Waals surface area contributed by atoms with Crippen LogP contribution in [0, 0.1) is 17.7 Å². The fourth-order valence-electron chi connectivity index (χ4n) is 3.74. The van der Waals surface area contributed by atoms with Crippen LogP contribution in [0.3, 0.4) is 0 Å². The molecule has 154 valence electrons. The maximum atomic E-state index is 13.5. The highest BCUT2D eigenvalue weighted by Gasteiger charge is 2.43. The number of hydrogen-bond acceptors (Lipinski definition) is 3. The Morgan fingerprint density at radius 2 is 1.93 bits per heavy atom. The molecule has 2 N–H and O–H groups in total. The summed E-state index contributed by atoms with van der Waals surface area (Å²) < 4.78 is 57.3. The van der Waals surface area contributed by atoms with E-state index in [0.29, 0.717) is 5.56 Å². The first-order chi connectivity index (χ1) is 13.1. The topological polar surface area (TPSA) is 67.4 Å². The second kappa shape index (κ2) is 8.14. The first kappa shape index (κ1) is 20.7. The second-order valence-corrected chi connectivity index (χ2v) is 7.50. The van der Waals surface area contributed by atoms with E-state index in [2.05, 4.69) is 10.6 Å². The number of hydrogen-bond donors (Lipinski definition) is 2. The van der Waals surface area contributed by atoms with Crippen molar-refractivity contribution in [1.82, 2.24) is 10.6 Å². The highest BCUT2D eigenvalue weighted by molar-refractivity contribution is 6.30. The minimum Gasteiger partial charge on any atom is -0.434 e. The van der Waals surface area contributed by atoms with E-state index in [4.69, 9.17) is 16.3 Å². The third kappa shape index (κ3) is 4.68. The molecule has 0 aromatic heterocycles. The van der Waals surface area contributed by atoms with E-state index in [-0.39, 0.29) is 43.2 Å². The molecular weight excluding hydrogens is 404 g/mol. The van der Waals surface area contributed by atoms with Gasteiger partial charge in [0, 0.05) is 0 Å². The van der Waals surface area contributed by atoms with Crippen LogP contribution >= 0.6 is 11.6 Å². The van der Waals surface area contributed by atoms with E-state index >= 15 is 0 Å². The van der Waals surface area contributed by atoms with Gasteiger partial charge < -0.3 is 15.4 Å². The number of carbonyl (C=O) groups excluding carboxylic acids is 2. The molecule has 2 aliphatic rings. The number of alkyl halides is 3. The van der Waals surface area contributed by atoms with Gasteiger partial charge in [-0.2, -0.15) is 13.2 Å². The minimum absolute atomic E-state index is 0.00236. The zero-order chi connectivity index (χ0) is 20.5. The van der Waals surface area contributed by atoms with Crippen LogP contribution in [0.15, 0.2) is 18.2 Å². The normalized spacial score (nSPS) is 26.3. The van der Waals surface area contributed by atoms with Crippen LogP contribution in [-0.4, -0.2) is 30.8 Å². The maximum Gasteiger partial charge on any atom is 0.408 e. The monoisotopic (exact) mass is 422 g/mol. The predicted octanol–water partition coefficient (Wildman–Crippen LogP) is 4.11. The zero-order valence-corrected chi connectivity index (χ0v) is 15.4. The lowest BCUT2D eigenvalue weighted by atomic mass is 9.76. The van der Waals surface area contributed by atoms with Crippen molar-refractivity contribution < 1.29 is 31.9 Å². The molecule has 1 aromatic carbocycles. The molecule has 1 aliphatic carbocycles. The molecule has 0 spiro atoms. The number of ether oxygens (including phenoxy) is 1. The zero-order valence-electron chi connectivity index (χ0n) is 14.7. The molecule has 2 amide bonds. The van der Waals surface area contributed by atoms with Gasteiger partial charge >= 0.3 is 12.3 Å². The Kier molecular flexibility index (Phi) is 6.02. The lowest BCUT2D eigenvalue weighted by Gasteiger charge is -2.35. The molecule has 1 heterocycles. The Morgan fingerprint density at radius 3 is 2.46 bits per heavy atom. The third-order valence-electron chi connectivity index (χ3n) is 5.28. The van der Waals surface area contributed by atoms with Crippen molar-refractivity contribution in [1.29, 1.82) is 0 Å². The standard InChI is InChI=1S/C18H19ClF4N2O3/c19-12-7-10(3-6-13(12)20)15(25-16(26)14-8-24-17(27)28-14)9-1-4-11(5-2-9)18(21,22)23/h3,6-7,9,11,14-15H,1-2,4-5,8H2,(H,24,27)(H,25,26)/t9?,11?,14?,15-/m0/s1. The van der Waals surface area contributed by atoms with Crippen LogP contribution in [0.2, 0.25) is 5.02 Å². The van der Waals surface area contributed by atoms with Gasteiger partial charge in [0.05, 0.1) is 23.5 Å². The lowest BCUT2D eigenvalue weighted by Crippen LogP contribution is -2.42. The first-order valence-corrected chi connectivity index (χ1v) is 9.29. The molecule has 10 heteroatoms. The number of cyclic esters (lactones) is 1. The van der Waals surface area contributed by atoms with Crippen molar-refractivity contribution in [2.24, 2.45) is 11.8 Å². The van der Waals surface area contributed by atoms with Crippen molar-refractivity contribution >= 4 is 23.6 Å². The van der Waals surface area contributed by atoms with Gasteiger partial charge in [-0.3, -0.25) is 4.79 Å². The summed E-state index contributed by atoms with van der Waals surface area (Å²) in [5.41, 5.74) is 0.493. The summed E-state index contributed by atoms with van der Waals surface area (Å²) in [6.07, 6.45) is -5.60. The van der Waals surface area contributed by atoms with Crippen LogP contribution in [0.5, 0.6) is 0 Å². The number of nitrogens with one attached hydrogen (secondary N) is 2. The summed E-state index contributed by atoms with van der Waals surface area (Å²) in [7, 11) is 0. The van der Waals surface area contributed by atoms with E-state index in [1.54, 1.807) is 0 Å². The van der Waals surface area contributed by atoms with E-state index < -0.39 is 42.1 Å². The summed E-state index contributed by atoms with van der Waals surface area (Å²) in [6.45, 7) is 0.00236. The molecule has 1 aromatic rings.